The van der Waals surface area contributed by atoms with Crippen LogP contribution in [0.3, 0.4) is 0 Å². The zero-order valence-electron chi connectivity index (χ0n) is 14.9. The van der Waals surface area contributed by atoms with E-state index in [1.54, 1.807) is 23.1 Å². The van der Waals surface area contributed by atoms with Crippen molar-refractivity contribution in [1.29, 1.82) is 0 Å². The van der Waals surface area contributed by atoms with E-state index in [-0.39, 0.29) is 24.0 Å². The Morgan fingerprint density at radius 3 is 2.59 bits per heavy atom. The molecule has 3 atom stereocenters. The standard InChI is InChI=1S/C18H23FN2O5S/c19-14-4-2-1-3-13(14)17(20-5-8-25-9-6-20)18(22)21-7-10-26-16-12-27(23,24)11-15(16)21/h1-4,15-17H,5-12H2/t15-,16+,17?/m0/s1. The van der Waals surface area contributed by atoms with Gasteiger partial charge in [-0.2, -0.15) is 0 Å². The van der Waals surface area contributed by atoms with Gasteiger partial charge in [-0.25, -0.2) is 12.8 Å². The molecule has 0 saturated carbocycles. The predicted molar refractivity (Wildman–Crippen MR) is 95.4 cm³/mol. The molecule has 1 unspecified atom stereocenters. The lowest BCUT2D eigenvalue weighted by atomic mass is 10.0. The molecule has 0 N–H and O–H groups in total. The number of amides is 1. The highest BCUT2D eigenvalue weighted by Crippen LogP contribution is 2.31. The fourth-order valence-corrected chi connectivity index (χ4v) is 6.03. The maximum absolute atomic E-state index is 14.6. The summed E-state index contributed by atoms with van der Waals surface area (Å²) in [6.07, 6.45) is -0.501. The van der Waals surface area contributed by atoms with Crippen LogP contribution in [-0.4, -0.2) is 87.2 Å². The highest BCUT2D eigenvalue weighted by Gasteiger charge is 2.47. The van der Waals surface area contributed by atoms with Crippen molar-refractivity contribution in [2.75, 3.05) is 51.0 Å². The largest absolute Gasteiger partial charge is 0.379 e. The number of sulfone groups is 1. The van der Waals surface area contributed by atoms with Gasteiger partial charge < -0.3 is 14.4 Å². The topological polar surface area (TPSA) is 76.2 Å². The second-order valence-electron chi connectivity index (χ2n) is 7.16. The molecule has 4 rings (SSSR count). The van der Waals surface area contributed by atoms with Gasteiger partial charge in [0.05, 0.1) is 43.5 Å². The van der Waals surface area contributed by atoms with Crippen molar-refractivity contribution in [1.82, 2.24) is 9.80 Å². The summed E-state index contributed by atoms with van der Waals surface area (Å²) in [4.78, 5) is 17.0. The third-order valence-corrected chi connectivity index (χ3v) is 7.15. The third-order valence-electron chi connectivity index (χ3n) is 5.46. The molecule has 0 aromatic heterocycles. The van der Waals surface area contributed by atoms with Gasteiger partial charge in [-0.05, 0) is 6.07 Å². The first kappa shape index (κ1) is 18.8. The second-order valence-corrected chi connectivity index (χ2v) is 9.31. The molecule has 148 valence electrons. The lowest BCUT2D eigenvalue weighted by Gasteiger charge is -2.42. The summed E-state index contributed by atoms with van der Waals surface area (Å²) in [6, 6.07) is 4.97. The van der Waals surface area contributed by atoms with E-state index < -0.39 is 33.8 Å². The molecule has 9 heteroatoms. The van der Waals surface area contributed by atoms with E-state index in [1.807, 2.05) is 4.90 Å². The van der Waals surface area contributed by atoms with Gasteiger partial charge in [0.25, 0.3) is 0 Å². The molecule has 3 fully saturated rings. The molecule has 3 aliphatic heterocycles. The number of halogens is 1. The number of carbonyl (C=O) groups excluding carboxylic acids is 1. The van der Waals surface area contributed by atoms with Crippen LogP contribution in [0.4, 0.5) is 4.39 Å². The fraction of sp³-hybridized carbons (Fsp3) is 0.611. The Morgan fingerprint density at radius 2 is 1.85 bits per heavy atom. The normalized spacial score (nSPS) is 29.3. The molecule has 3 aliphatic rings. The maximum atomic E-state index is 14.6. The highest BCUT2D eigenvalue weighted by atomic mass is 32.2. The Balaban J connectivity index is 1.67. The molecular weight excluding hydrogens is 375 g/mol. The Hall–Kier alpha value is -1.55. The van der Waals surface area contributed by atoms with Crippen molar-refractivity contribution in [3.8, 4) is 0 Å². The molecule has 1 aromatic carbocycles. The zero-order chi connectivity index (χ0) is 19.0. The van der Waals surface area contributed by atoms with Crippen molar-refractivity contribution in [2.24, 2.45) is 0 Å². The van der Waals surface area contributed by atoms with Crippen LogP contribution in [0.5, 0.6) is 0 Å². The summed E-state index contributed by atoms with van der Waals surface area (Å²) < 4.78 is 49.6. The highest BCUT2D eigenvalue weighted by molar-refractivity contribution is 7.91. The summed E-state index contributed by atoms with van der Waals surface area (Å²) in [5, 5.41) is 0. The number of hydrogen-bond acceptors (Lipinski definition) is 6. The molecule has 0 aliphatic carbocycles. The van der Waals surface area contributed by atoms with Crippen molar-refractivity contribution in [3.63, 3.8) is 0 Å². The van der Waals surface area contributed by atoms with Crippen molar-refractivity contribution < 1.29 is 27.1 Å². The van der Waals surface area contributed by atoms with E-state index in [2.05, 4.69) is 0 Å². The Morgan fingerprint density at radius 1 is 1.11 bits per heavy atom. The smallest absolute Gasteiger partial charge is 0.245 e. The number of fused-ring (bicyclic) bond motifs is 1. The van der Waals surface area contributed by atoms with Crippen LogP contribution in [0.15, 0.2) is 24.3 Å². The van der Waals surface area contributed by atoms with Gasteiger partial charge in [0, 0.05) is 25.2 Å². The number of rotatable bonds is 3. The van der Waals surface area contributed by atoms with Crippen LogP contribution < -0.4 is 0 Å². The third kappa shape index (κ3) is 3.73. The summed E-state index contributed by atoms with van der Waals surface area (Å²) in [5.74, 6) is -0.872. The Bertz CT molecular complexity index is 812. The van der Waals surface area contributed by atoms with Crippen molar-refractivity contribution >= 4 is 15.7 Å². The number of carbonyl (C=O) groups is 1. The molecule has 0 radical (unpaired) electrons. The predicted octanol–water partition coefficient (Wildman–Crippen LogP) is 0.223. The van der Waals surface area contributed by atoms with Gasteiger partial charge in [-0.3, -0.25) is 9.69 Å². The molecule has 0 spiro atoms. The Kier molecular flexibility index (Phi) is 5.19. The molecule has 0 bridgehead atoms. The van der Waals surface area contributed by atoms with Gasteiger partial charge in [-0.1, -0.05) is 18.2 Å². The summed E-state index contributed by atoms with van der Waals surface area (Å²) >= 11 is 0. The molecule has 3 heterocycles. The average Bonchev–Trinajstić information content (AvgIpc) is 2.98. The number of hydrogen-bond donors (Lipinski definition) is 0. The first-order valence-electron chi connectivity index (χ1n) is 9.15. The lowest BCUT2D eigenvalue weighted by Crippen LogP contribution is -2.57. The monoisotopic (exact) mass is 398 g/mol. The lowest BCUT2D eigenvalue weighted by molar-refractivity contribution is -0.150. The van der Waals surface area contributed by atoms with E-state index in [4.69, 9.17) is 9.47 Å². The molecule has 1 amide bonds. The van der Waals surface area contributed by atoms with E-state index in [0.29, 0.717) is 38.4 Å². The quantitative estimate of drug-likeness (QED) is 0.725. The zero-order valence-corrected chi connectivity index (χ0v) is 15.7. The van der Waals surface area contributed by atoms with E-state index in [1.165, 1.54) is 6.07 Å². The Labute approximate surface area is 157 Å². The molecule has 3 saturated heterocycles. The minimum Gasteiger partial charge on any atom is -0.379 e. The van der Waals surface area contributed by atoms with E-state index in [9.17, 15) is 17.6 Å². The molecule has 27 heavy (non-hydrogen) atoms. The second kappa shape index (κ2) is 7.46. The molecule has 1 aromatic rings. The van der Waals surface area contributed by atoms with Crippen molar-refractivity contribution in [3.05, 3.63) is 35.6 Å². The number of morpholine rings is 2. The van der Waals surface area contributed by atoms with Crippen LogP contribution in [-0.2, 0) is 24.1 Å². The van der Waals surface area contributed by atoms with Gasteiger partial charge in [0.15, 0.2) is 9.84 Å². The summed E-state index contributed by atoms with van der Waals surface area (Å²) in [5.41, 5.74) is 0.313. The fourth-order valence-electron chi connectivity index (χ4n) is 4.16. The van der Waals surface area contributed by atoms with Gasteiger partial charge in [0.2, 0.25) is 5.91 Å². The molecule has 7 nitrogen and oxygen atoms in total. The van der Waals surface area contributed by atoms with Gasteiger partial charge >= 0.3 is 0 Å². The van der Waals surface area contributed by atoms with Crippen molar-refractivity contribution in [2.45, 2.75) is 18.2 Å². The number of benzene rings is 1. The van der Waals surface area contributed by atoms with Gasteiger partial charge in [-0.15, -0.1) is 0 Å². The van der Waals surface area contributed by atoms with Crippen LogP contribution in [0.1, 0.15) is 11.6 Å². The van der Waals surface area contributed by atoms with E-state index in [0.717, 1.165) is 0 Å². The van der Waals surface area contributed by atoms with Crippen LogP contribution in [0, 0.1) is 5.82 Å². The maximum Gasteiger partial charge on any atom is 0.245 e. The SMILES string of the molecule is O=C(C(c1ccccc1F)N1CCOCC1)N1CCO[C@@H]2CS(=O)(=O)C[C@@H]21. The minimum absolute atomic E-state index is 0.0661. The first-order chi connectivity index (χ1) is 13.0. The van der Waals surface area contributed by atoms with Crippen LogP contribution >= 0.6 is 0 Å². The number of ether oxygens (including phenoxy) is 2. The van der Waals surface area contributed by atoms with Crippen LogP contribution in [0.25, 0.3) is 0 Å². The van der Waals surface area contributed by atoms with E-state index >= 15 is 0 Å². The first-order valence-corrected chi connectivity index (χ1v) is 11.0. The van der Waals surface area contributed by atoms with Gasteiger partial charge in [0.1, 0.15) is 11.9 Å². The molecular formula is C18H23FN2O5S. The number of nitrogens with zero attached hydrogens (tertiary/aromatic N) is 2. The average molecular weight is 398 g/mol. The summed E-state index contributed by atoms with van der Waals surface area (Å²) in [7, 11) is -3.25. The minimum atomic E-state index is -3.25. The summed E-state index contributed by atoms with van der Waals surface area (Å²) in [6.45, 7) is 2.58. The van der Waals surface area contributed by atoms with Crippen LogP contribution in [0.2, 0.25) is 0 Å².